The average molecular weight is 264 g/mol. The van der Waals surface area contributed by atoms with E-state index < -0.39 is 0 Å². The van der Waals surface area contributed by atoms with Gasteiger partial charge in [0.2, 0.25) is 0 Å². The van der Waals surface area contributed by atoms with Crippen LogP contribution in [0.2, 0.25) is 0 Å². The first-order chi connectivity index (χ1) is 8.86. The van der Waals surface area contributed by atoms with Crippen molar-refractivity contribution in [1.82, 2.24) is 0 Å². The number of ether oxygens (including phenoxy) is 2. The van der Waals surface area contributed by atoms with E-state index in [2.05, 4.69) is 0 Å². The maximum Gasteiger partial charge on any atom is 0.314 e. The molecular weight excluding hydrogens is 244 g/mol. The van der Waals surface area contributed by atoms with Crippen LogP contribution in [-0.4, -0.2) is 18.9 Å². The Morgan fingerprint density at radius 3 is 2.21 bits per heavy atom. The monoisotopic (exact) mass is 264 g/mol. The van der Waals surface area contributed by atoms with Gasteiger partial charge in [0.15, 0.2) is 17.3 Å². The number of carbonyl (C=O) groups excluding carboxylic acids is 2. The van der Waals surface area contributed by atoms with Gasteiger partial charge >= 0.3 is 5.97 Å². The van der Waals surface area contributed by atoms with Gasteiger partial charge in [0, 0.05) is 5.56 Å². The molecule has 0 radical (unpaired) electrons. The van der Waals surface area contributed by atoms with Gasteiger partial charge in [-0.2, -0.15) is 0 Å². The van der Waals surface area contributed by atoms with Crippen molar-refractivity contribution in [2.75, 3.05) is 7.11 Å². The molecule has 0 spiro atoms. The third kappa shape index (κ3) is 3.81. The minimum Gasteiger partial charge on any atom is -0.493 e. The molecule has 1 atom stereocenters. The molecular formula is C15H20O4. The van der Waals surface area contributed by atoms with Crippen LogP contribution >= 0.6 is 0 Å². The van der Waals surface area contributed by atoms with Crippen molar-refractivity contribution in [3.63, 3.8) is 0 Å². The predicted molar refractivity (Wildman–Crippen MR) is 72.6 cm³/mol. The molecule has 0 N–H and O–H groups in total. The van der Waals surface area contributed by atoms with E-state index in [1.54, 1.807) is 18.2 Å². The second-order valence-electron chi connectivity index (χ2n) is 4.88. The van der Waals surface area contributed by atoms with Crippen molar-refractivity contribution >= 4 is 11.8 Å². The van der Waals surface area contributed by atoms with Crippen LogP contribution < -0.4 is 9.47 Å². The van der Waals surface area contributed by atoms with Crippen molar-refractivity contribution in [3.05, 3.63) is 23.8 Å². The van der Waals surface area contributed by atoms with Crippen LogP contribution in [0.15, 0.2) is 18.2 Å². The van der Waals surface area contributed by atoms with Crippen LogP contribution in [0.4, 0.5) is 0 Å². The molecule has 0 bridgehead atoms. The molecule has 0 aromatic heterocycles. The summed E-state index contributed by atoms with van der Waals surface area (Å²) in [7, 11) is 1.47. The summed E-state index contributed by atoms with van der Waals surface area (Å²) in [5, 5.41) is 0. The summed E-state index contributed by atoms with van der Waals surface area (Å²) >= 11 is 0. The molecule has 1 rings (SSSR count). The number of esters is 1. The second kappa shape index (κ2) is 6.36. The summed E-state index contributed by atoms with van der Waals surface area (Å²) < 4.78 is 10.5. The Kier molecular flexibility index (Phi) is 5.10. The smallest absolute Gasteiger partial charge is 0.314 e. The number of ketones is 1. The largest absolute Gasteiger partial charge is 0.493 e. The first-order valence-electron chi connectivity index (χ1n) is 6.27. The van der Waals surface area contributed by atoms with Gasteiger partial charge in [0.1, 0.15) is 0 Å². The predicted octanol–water partition coefficient (Wildman–Crippen LogP) is 3.10. The van der Waals surface area contributed by atoms with Crippen LogP contribution in [0.1, 0.15) is 38.1 Å². The second-order valence-corrected chi connectivity index (χ2v) is 4.88. The third-order valence-corrected chi connectivity index (χ3v) is 3.15. The fourth-order valence-corrected chi connectivity index (χ4v) is 1.44. The lowest BCUT2D eigenvalue weighted by molar-refractivity contribution is -0.139. The molecule has 19 heavy (non-hydrogen) atoms. The van der Waals surface area contributed by atoms with E-state index in [9.17, 15) is 9.59 Å². The van der Waals surface area contributed by atoms with Crippen LogP contribution in [0.25, 0.3) is 0 Å². The van der Waals surface area contributed by atoms with E-state index in [1.807, 2.05) is 20.8 Å². The number of rotatable bonds is 5. The zero-order valence-corrected chi connectivity index (χ0v) is 12.0. The van der Waals surface area contributed by atoms with Crippen LogP contribution in [0.5, 0.6) is 11.5 Å². The Hall–Kier alpha value is -1.84. The van der Waals surface area contributed by atoms with E-state index in [4.69, 9.17) is 9.47 Å². The van der Waals surface area contributed by atoms with E-state index in [0.717, 1.165) is 0 Å². The SMILES string of the molecule is COc1cc(C(C)=O)ccc1OC(=O)C(C)C(C)C. The highest BCUT2D eigenvalue weighted by atomic mass is 16.6. The number of Topliss-reactive ketones (excluding diaryl/α,β-unsaturated/α-hetero) is 1. The zero-order valence-electron chi connectivity index (χ0n) is 12.0. The molecule has 0 aliphatic rings. The molecule has 104 valence electrons. The summed E-state index contributed by atoms with van der Waals surface area (Å²) in [4.78, 5) is 23.2. The fourth-order valence-electron chi connectivity index (χ4n) is 1.44. The summed E-state index contributed by atoms with van der Waals surface area (Å²) in [6.07, 6.45) is 0. The van der Waals surface area contributed by atoms with E-state index in [0.29, 0.717) is 17.1 Å². The highest BCUT2D eigenvalue weighted by Crippen LogP contribution is 2.29. The van der Waals surface area contributed by atoms with E-state index >= 15 is 0 Å². The van der Waals surface area contributed by atoms with Gasteiger partial charge < -0.3 is 9.47 Å². The normalized spacial score (nSPS) is 12.1. The lowest BCUT2D eigenvalue weighted by atomic mass is 9.98. The Bertz CT molecular complexity index is 477. The summed E-state index contributed by atoms with van der Waals surface area (Å²) in [5.41, 5.74) is 0.522. The zero-order chi connectivity index (χ0) is 14.6. The molecule has 0 heterocycles. The summed E-state index contributed by atoms with van der Waals surface area (Å²) in [5.74, 6) is 0.366. The molecule has 1 unspecified atom stereocenters. The molecule has 0 aliphatic carbocycles. The van der Waals surface area contributed by atoms with Crippen molar-refractivity contribution < 1.29 is 19.1 Å². The summed E-state index contributed by atoms with van der Waals surface area (Å²) in [6, 6.07) is 4.78. The van der Waals surface area contributed by atoms with Gasteiger partial charge in [0.25, 0.3) is 0 Å². The maximum atomic E-state index is 11.9. The standard InChI is InChI=1S/C15H20O4/c1-9(2)10(3)15(17)19-13-7-6-12(11(4)16)8-14(13)18-5/h6-10H,1-5H3. The molecule has 0 aliphatic heterocycles. The van der Waals surface area contributed by atoms with Gasteiger partial charge in [-0.25, -0.2) is 0 Å². The lowest BCUT2D eigenvalue weighted by Crippen LogP contribution is -2.22. The first kappa shape index (κ1) is 15.2. The Labute approximate surface area is 113 Å². The molecule has 1 aromatic rings. The topological polar surface area (TPSA) is 52.6 Å². The highest BCUT2D eigenvalue weighted by Gasteiger charge is 2.20. The van der Waals surface area contributed by atoms with Gasteiger partial charge in [-0.15, -0.1) is 0 Å². The fraction of sp³-hybridized carbons (Fsp3) is 0.467. The van der Waals surface area contributed by atoms with E-state index in [-0.39, 0.29) is 23.6 Å². The molecule has 0 amide bonds. The summed E-state index contributed by atoms with van der Waals surface area (Å²) in [6.45, 7) is 7.22. The quantitative estimate of drug-likeness (QED) is 0.466. The van der Waals surface area contributed by atoms with Crippen molar-refractivity contribution in [3.8, 4) is 11.5 Å². The molecule has 0 saturated heterocycles. The maximum absolute atomic E-state index is 11.9. The molecule has 0 fully saturated rings. The third-order valence-electron chi connectivity index (χ3n) is 3.15. The van der Waals surface area contributed by atoms with Gasteiger partial charge in [-0.1, -0.05) is 20.8 Å². The van der Waals surface area contributed by atoms with Crippen LogP contribution in [-0.2, 0) is 4.79 Å². The molecule has 0 saturated carbocycles. The number of carbonyl (C=O) groups is 2. The van der Waals surface area contributed by atoms with Crippen LogP contribution in [0, 0.1) is 11.8 Å². The van der Waals surface area contributed by atoms with Crippen LogP contribution in [0.3, 0.4) is 0 Å². The minimum absolute atomic E-state index is 0.0632. The van der Waals surface area contributed by atoms with Crippen molar-refractivity contribution in [2.45, 2.75) is 27.7 Å². The number of methoxy groups -OCH3 is 1. The number of hydrogen-bond donors (Lipinski definition) is 0. The van der Waals surface area contributed by atoms with Gasteiger partial charge in [-0.3, -0.25) is 9.59 Å². The van der Waals surface area contributed by atoms with Crippen molar-refractivity contribution in [1.29, 1.82) is 0 Å². The Balaban J connectivity index is 2.95. The Morgan fingerprint density at radius 2 is 1.74 bits per heavy atom. The van der Waals surface area contributed by atoms with Gasteiger partial charge in [-0.05, 0) is 31.0 Å². The first-order valence-corrected chi connectivity index (χ1v) is 6.27. The Morgan fingerprint density at radius 1 is 1.11 bits per heavy atom. The molecule has 1 aromatic carbocycles. The minimum atomic E-state index is -0.302. The molecule has 4 nitrogen and oxygen atoms in total. The average Bonchev–Trinajstić information content (AvgIpc) is 2.37. The number of hydrogen-bond acceptors (Lipinski definition) is 4. The number of benzene rings is 1. The van der Waals surface area contributed by atoms with Crippen molar-refractivity contribution in [2.24, 2.45) is 11.8 Å². The highest BCUT2D eigenvalue weighted by molar-refractivity contribution is 5.94. The lowest BCUT2D eigenvalue weighted by Gasteiger charge is -2.16. The van der Waals surface area contributed by atoms with Gasteiger partial charge in [0.05, 0.1) is 13.0 Å². The molecule has 4 heteroatoms. The van der Waals surface area contributed by atoms with E-state index in [1.165, 1.54) is 14.0 Å².